The molecule has 0 aromatic heterocycles. The van der Waals surface area contributed by atoms with Crippen molar-refractivity contribution in [2.75, 3.05) is 6.54 Å². The summed E-state index contributed by atoms with van der Waals surface area (Å²) in [6.07, 6.45) is 3.87. The second-order valence-corrected chi connectivity index (χ2v) is 6.52. The number of hydrazine groups is 1. The highest BCUT2D eigenvalue weighted by molar-refractivity contribution is 5.75. The minimum atomic E-state index is -0.858. The number of carbonyl (C=O) groups is 2. The number of piperidine rings is 1. The molecule has 1 fully saturated rings. The molecule has 122 valence electrons. The van der Waals surface area contributed by atoms with Crippen molar-refractivity contribution in [1.82, 2.24) is 15.8 Å². The van der Waals surface area contributed by atoms with Crippen LogP contribution in [-0.2, 0) is 4.79 Å². The van der Waals surface area contributed by atoms with E-state index in [9.17, 15) is 9.59 Å². The van der Waals surface area contributed by atoms with Crippen LogP contribution in [0.2, 0.25) is 0 Å². The van der Waals surface area contributed by atoms with Gasteiger partial charge in [0.05, 0.1) is 5.92 Å². The quantitative estimate of drug-likeness (QED) is 0.702. The summed E-state index contributed by atoms with van der Waals surface area (Å²) < 4.78 is 0. The van der Waals surface area contributed by atoms with Crippen LogP contribution < -0.4 is 10.7 Å². The smallest absolute Gasteiger partial charge is 0.329 e. The van der Waals surface area contributed by atoms with Gasteiger partial charge < -0.3 is 10.4 Å². The molecule has 1 rings (SSSR count). The summed E-state index contributed by atoms with van der Waals surface area (Å²) in [4.78, 5) is 23.1. The molecule has 0 radical (unpaired) electrons. The zero-order valence-electron chi connectivity index (χ0n) is 13.6. The molecule has 0 spiro atoms. The van der Waals surface area contributed by atoms with Crippen LogP contribution in [0.25, 0.3) is 0 Å². The van der Waals surface area contributed by atoms with Crippen LogP contribution in [0.3, 0.4) is 0 Å². The maximum absolute atomic E-state index is 12.0. The SMILES string of the molecule is CC(C)CC(CNC(=O)NN1C(C)CCCC1C)C(=O)O. The third-order valence-electron chi connectivity index (χ3n) is 4.04. The molecule has 1 heterocycles. The first-order valence-electron chi connectivity index (χ1n) is 7.86. The summed E-state index contributed by atoms with van der Waals surface area (Å²) in [7, 11) is 0. The number of carboxylic acid groups (broad SMARTS) is 1. The first kappa shape index (κ1) is 17.8. The Bertz CT molecular complexity index is 350. The standard InChI is InChI=1S/C15H29N3O3/c1-10(2)8-13(14(19)20)9-16-15(21)17-18-11(3)6-5-7-12(18)4/h10-13H,5-9H2,1-4H3,(H,19,20)(H2,16,17,21). The Labute approximate surface area is 127 Å². The van der Waals surface area contributed by atoms with E-state index in [1.54, 1.807) is 0 Å². The normalized spacial score (nSPS) is 24.6. The lowest BCUT2D eigenvalue weighted by atomic mass is 9.97. The van der Waals surface area contributed by atoms with Gasteiger partial charge >= 0.3 is 12.0 Å². The predicted octanol–water partition coefficient (Wildman–Crippen LogP) is 2.21. The first-order chi connectivity index (χ1) is 9.81. The Morgan fingerprint density at radius 2 is 1.81 bits per heavy atom. The van der Waals surface area contributed by atoms with E-state index >= 15 is 0 Å². The van der Waals surface area contributed by atoms with Gasteiger partial charge in [-0.05, 0) is 39.0 Å². The molecule has 0 aromatic rings. The van der Waals surface area contributed by atoms with E-state index in [0.717, 1.165) is 12.8 Å². The van der Waals surface area contributed by atoms with E-state index in [4.69, 9.17) is 5.11 Å². The molecule has 1 aliphatic heterocycles. The highest BCUT2D eigenvalue weighted by Gasteiger charge is 2.26. The van der Waals surface area contributed by atoms with Gasteiger partial charge in [0, 0.05) is 18.6 Å². The number of rotatable bonds is 6. The van der Waals surface area contributed by atoms with Crippen molar-refractivity contribution in [1.29, 1.82) is 0 Å². The highest BCUT2D eigenvalue weighted by Crippen LogP contribution is 2.20. The molecule has 0 bridgehead atoms. The van der Waals surface area contributed by atoms with E-state index < -0.39 is 11.9 Å². The van der Waals surface area contributed by atoms with Crippen molar-refractivity contribution in [3.8, 4) is 0 Å². The van der Waals surface area contributed by atoms with Gasteiger partial charge in [-0.2, -0.15) is 0 Å². The fraction of sp³-hybridized carbons (Fsp3) is 0.867. The summed E-state index contributed by atoms with van der Waals surface area (Å²) in [5.74, 6) is -1.10. The van der Waals surface area contributed by atoms with Crippen LogP contribution in [0, 0.1) is 11.8 Å². The van der Waals surface area contributed by atoms with Gasteiger partial charge in [-0.25, -0.2) is 9.80 Å². The second-order valence-electron chi connectivity index (χ2n) is 6.52. The number of hydrogen-bond acceptors (Lipinski definition) is 3. The van der Waals surface area contributed by atoms with Crippen LogP contribution in [-0.4, -0.2) is 40.7 Å². The molecule has 1 aliphatic rings. The van der Waals surface area contributed by atoms with Gasteiger partial charge in [-0.15, -0.1) is 0 Å². The zero-order chi connectivity index (χ0) is 16.0. The van der Waals surface area contributed by atoms with Gasteiger partial charge in [0.15, 0.2) is 0 Å². The number of aliphatic carboxylic acids is 1. The van der Waals surface area contributed by atoms with E-state index in [0.29, 0.717) is 18.5 Å². The maximum Gasteiger partial charge on any atom is 0.329 e. The molecule has 3 atom stereocenters. The van der Waals surface area contributed by atoms with E-state index in [2.05, 4.69) is 24.6 Å². The number of nitrogens with one attached hydrogen (secondary N) is 2. The lowest BCUT2D eigenvalue weighted by molar-refractivity contribution is -0.142. The minimum absolute atomic E-state index is 0.163. The molecular weight excluding hydrogens is 270 g/mol. The number of hydrogen-bond donors (Lipinski definition) is 3. The minimum Gasteiger partial charge on any atom is -0.481 e. The van der Waals surface area contributed by atoms with E-state index in [1.807, 2.05) is 18.9 Å². The van der Waals surface area contributed by atoms with Gasteiger partial charge in [-0.1, -0.05) is 20.3 Å². The number of amides is 2. The van der Waals surface area contributed by atoms with Crippen LogP contribution >= 0.6 is 0 Å². The Morgan fingerprint density at radius 1 is 1.24 bits per heavy atom. The Kier molecular flexibility index (Phi) is 6.95. The Morgan fingerprint density at radius 3 is 2.29 bits per heavy atom. The summed E-state index contributed by atoms with van der Waals surface area (Å²) in [6.45, 7) is 8.31. The molecule has 0 aliphatic carbocycles. The number of urea groups is 1. The molecule has 21 heavy (non-hydrogen) atoms. The molecule has 1 saturated heterocycles. The van der Waals surface area contributed by atoms with Crippen molar-refractivity contribution in [3.05, 3.63) is 0 Å². The number of carbonyl (C=O) groups excluding carboxylic acids is 1. The Hall–Kier alpha value is -1.30. The molecular formula is C15H29N3O3. The highest BCUT2D eigenvalue weighted by atomic mass is 16.4. The largest absolute Gasteiger partial charge is 0.481 e. The van der Waals surface area contributed by atoms with E-state index in [1.165, 1.54) is 6.42 Å². The zero-order valence-corrected chi connectivity index (χ0v) is 13.6. The molecule has 6 heteroatoms. The topological polar surface area (TPSA) is 81.7 Å². The summed E-state index contributed by atoms with van der Waals surface area (Å²) in [5, 5.41) is 13.8. The van der Waals surface area contributed by atoms with Crippen LogP contribution in [0.1, 0.15) is 53.4 Å². The first-order valence-corrected chi connectivity index (χ1v) is 7.86. The predicted molar refractivity (Wildman–Crippen MR) is 81.7 cm³/mol. The van der Waals surface area contributed by atoms with E-state index in [-0.39, 0.29) is 18.5 Å². The summed E-state index contributed by atoms with van der Waals surface area (Å²) in [5.41, 5.74) is 2.86. The van der Waals surface area contributed by atoms with Gasteiger partial charge in [0.2, 0.25) is 0 Å². The molecule has 0 aromatic carbocycles. The molecule has 3 unspecified atom stereocenters. The fourth-order valence-corrected chi connectivity index (χ4v) is 2.85. The number of carboxylic acids is 1. The third-order valence-corrected chi connectivity index (χ3v) is 4.04. The van der Waals surface area contributed by atoms with Gasteiger partial charge in [-0.3, -0.25) is 10.2 Å². The molecule has 6 nitrogen and oxygen atoms in total. The molecule has 0 saturated carbocycles. The average Bonchev–Trinajstić information content (AvgIpc) is 2.38. The molecule has 3 N–H and O–H groups in total. The second kappa shape index (κ2) is 8.22. The summed E-state index contributed by atoms with van der Waals surface area (Å²) in [6, 6.07) is 0.307. The van der Waals surface area contributed by atoms with Gasteiger partial charge in [0.25, 0.3) is 0 Å². The average molecular weight is 299 g/mol. The van der Waals surface area contributed by atoms with Crippen molar-refractivity contribution in [3.63, 3.8) is 0 Å². The fourth-order valence-electron chi connectivity index (χ4n) is 2.85. The maximum atomic E-state index is 12.0. The van der Waals surface area contributed by atoms with Crippen LogP contribution in [0.5, 0.6) is 0 Å². The van der Waals surface area contributed by atoms with Crippen molar-refractivity contribution < 1.29 is 14.7 Å². The Balaban J connectivity index is 2.43. The lowest BCUT2D eigenvalue weighted by Gasteiger charge is -2.38. The van der Waals surface area contributed by atoms with Crippen LogP contribution in [0.4, 0.5) is 4.79 Å². The molecule has 2 amide bonds. The summed E-state index contributed by atoms with van der Waals surface area (Å²) >= 11 is 0. The third kappa shape index (κ3) is 5.91. The monoisotopic (exact) mass is 299 g/mol. The van der Waals surface area contributed by atoms with Crippen molar-refractivity contribution in [2.45, 2.75) is 65.5 Å². The van der Waals surface area contributed by atoms with Crippen molar-refractivity contribution in [2.24, 2.45) is 11.8 Å². The lowest BCUT2D eigenvalue weighted by Crippen LogP contribution is -2.57. The van der Waals surface area contributed by atoms with Crippen molar-refractivity contribution >= 4 is 12.0 Å². The van der Waals surface area contributed by atoms with Gasteiger partial charge in [0.1, 0.15) is 0 Å². The van der Waals surface area contributed by atoms with Crippen LogP contribution in [0.15, 0.2) is 0 Å². The number of nitrogens with zero attached hydrogens (tertiary/aromatic N) is 1.